The van der Waals surface area contributed by atoms with E-state index in [-0.39, 0.29) is 12.5 Å². The molecule has 0 aliphatic heterocycles. The fourth-order valence-electron chi connectivity index (χ4n) is 2.47. The number of hydrogen-bond acceptors (Lipinski definition) is 6. The molecule has 0 aliphatic rings. The average Bonchev–Trinajstić information content (AvgIpc) is 3.19. The molecule has 1 heterocycles. The summed E-state index contributed by atoms with van der Waals surface area (Å²) in [6, 6.07) is 16.9. The molecule has 140 valence electrons. The molecule has 1 N–H and O–H groups in total. The maximum absolute atomic E-state index is 11.9. The molecule has 1 aromatic heterocycles. The Kier molecular flexibility index (Phi) is 6.40. The maximum Gasteiger partial charge on any atom is 0.246 e. The minimum absolute atomic E-state index is 0.0938. The highest BCUT2D eigenvalue weighted by Crippen LogP contribution is 2.26. The second-order valence-corrected chi connectivity index (χ2v) is 5.75. The van der Waals surface area contributed by atoms with Gasteiger partial charge in [0, 0.05) is 6.42 Å². The van der Waals surface area contributed by atoms with Crippen LogP contribution in [0.3, 0.4) is 0 Å². The van der Waals surface area contributed by atoms with Crippen molar-refractivity contribution >= 4 is 5.91 Å². The summed E-state index contributed by atoms with van der Waals surface area (Å²) in [5.41, 5.74) is 0.736. The number of hydrogen-bond donors (Lipinski definition) is 1. The van der Waals surface area contributed by atoms with Gasteiger partial charge >= 0.3 is 0 Å². The number of carbonyl (C=O) groups is 1. The molecule has 0 unspecified atom stereocenters. The lowest BCUT2D eigenvalue weighted by atomic mass is 10.2. The summed E-state index contributed by atoms with van der Waals surface area (Å²) in [4.78, 5) is 16.2. The number of nitrogens with one attached hydrogen (secondary N) is 1. The predicted molar refractivity (Wildman–Crippen MR) is 99.3 cm³/mol. The number of methoxy groups -OCH3 is 1. The van der Waals surface area contributed by atoms with Gasteiger partial charge in [-0.2, -0.15) is 4.98 Å². The van der Waals surface area contributed by atoms with Crippen LogP contribution < -0.4 is 14.8 Å². The quantitative estimate of drug-likeness (QED) is 0.585. The summed E-state index contributed by atoms with van der Waals surface area (Å²) in [5, 5.41) is 6.71. The van der Waals surface area contributed by atoms with Gasteiger partial charge in [0.25, 0.3) is 0 Å². The van der Waals surface area contributed by atoms with Crippen LogP contribution in [-0.2, 0) is 11.3 Å². The molecular weight excluding hydrogens is 346 g/mol. The van der Waals surface area contributed by atoms with Gasteiger partial charge in [-0.05, 0) is 30.7 Å². The lowest BCUT2D eigenvalue weighted by molar-refractivity contribution is -0.121. The van der Waals surface area contributed by atoms with Crippen LogP contribution >= 0.6 is 0 Å². The first kappa shape index (κ1) is 18.4. The molecule has 3 rings (SSSR count). The van der Waals surface area contributed by atoms with Gasteiger partial charge in [0.1, 0.15) is 11.5 Å². The highest BCUT2D eigenvalue weighted by Gasteiger charge is 2.13. The van der Waals surface area contributed by atoms with Gasteiger partial charge in [0.15, 0.2) is 0 Å². The molecule has 27 heavy (non-hydrogen) atoms. The molecule has 0 spiro atoms. The molecule has 0 aliphatic carbocycles. The molecule has 2 aromatic carbocycles. The van der Waals surface area contributed by atoms with Crippen molar-refractivity contribution in [1.82, 2.24) is 15.5 Å². The fourth-order valence-corrected chi connectivity index (χ4v) is 2.47. The highest BCUT2D eigenvalue weighted by molar-refractivity contribution is 5.75. The number of benzene rings is 2. The summed E-state index contributed by atoms with van der Waals surface area (Å²) < 4.78 is 16.0. The summed E-state index contributed by atoms with van der Waals surface area (Å²) >= 11 is 0. The van der Waals surface area contributed by atoms with E-state index in [1.165, 1.54) is 0 Å². The standard InChI is InChI=1S/C20H21N3O4/c1-25-17-11-6-5-10-16(17)20-22-19(27-23-20)14-21-18(24)12-7-13-26-15-8-3-2-4-9-15/h2-6,8-11H,7,12-14H2,1H3,(H,21,24). The number of rotatable bonds is 9. The van der Waals surface area contributed by atoms with E-state index in [0.717, 1.165) is 11.3 Å². The first-order chi connectivity index (χ1) is 13.3. The normalized spacial score (nSPS) is 10.4. The molecule has 0 saturated carbocycles. The third-order valence-corrected chi connectivity index (χ3v) is 3.81. The predicted octanol–water partition coefficient (Wildman–Crippen LogP) is 3.22. The molecule has 0 radical (unpaired) electrons. The van der Waals surface area contributed by atoms with Crippen LogP contribution in [0.1, 0.15) is 18.7 Å². The topological polar surface area (TPSA) is 86.5 Å². The largest absolute Gasteiger partial charge is 0.496 e. The Morgan fingerprint density at radius 3 is 2.70 bits per heavy atom. The van der Waals surface area contributed by atoms with E-state index in [1.54, 1.807) is 7.11 Å². The lowest BCUT2D eigenvalue weighted by Gasteiger charge is -2.05. The van der Waals surface area contributed by atoms with E-state index in [0.29, 0.717) is 36.9 Å². The van der Waals surface area contributed by atoms with E-state index >= 15 is 0 Å². The maximum atomic E-state index is 11.9. The van der Waals surface area contributed by atoms with E-state index in [4.69, 9.17) is 14.0 Å². The Hall–Kier alpha value is -3.35. The molecular formula is C20H21N3O4. The smallest absolute Gasteiger partial charge is 0.246 e. The zero-order chi connectivity index (χ0) is 18.9. The van der Waals surface area contributed by atoms with Crippen molar-refractivity contribution in [3.05, 3.63) is 60.5 Å². The van der Waals surface area contributed by atoms with Crippen molar-refractivity contribution in [2.75, 3.05) is 13.7 Å². The minimum atomic E-state index is -0.0938. The third kappa shape index (κ3) is 5.31. The van der Waals surface area contributed by atoms with Crippen LogP contribution in [0.25, 0.3) is 11.4 Å². The molecule has 1 amide bonds. The van der Waals surface area contributed by atoms with Crippen molar-refractivity contribution in [3.63, 3.8) is 0 Å². The van der Waals surface area contributed by atoms with Gasteiger partial charge in [-0.15, -0.1) is 0 Å². The van der Waals surface area contributed by atoms with E-state index in [1.807, 2.05) is 54.6 Å². The Morgan fingerprint density at radius 2 is 1.89 bits per heavy atom. The fraction of sp³-hybridized carbons (Fsp3) is 0.250. The molecule has 7 nitrogen and oxygen atoms in total. The monoisotopic (exact) mass is 367 g/mol. The Bertz CT molecular complexity index is 864. The van der Waals surface area contributed by atoms with Crippen LogP contribution in [0.15, 0.2) is 59.1 Å². The van der Waals surface area contributed by atoms with Gasteiger partial charge in [0.05, 0.1) is 25.8 Å². The second kappa shape index (κ2) is 9.38. The average molecular weight is 367 g/mol. The molecule has 0 saturated heterocycles. The number of nitrogens with zero attached hydrogens (tertiary/aromatic N) is 2. The van der Waals surface area contributed by atoms with Crippen LogP contribution in [0.2, 0.25) is 0 Å². The first-order valence-corrected chi connectivity index (χ1v) is 8.67. The number of carbonyl (C=O) groups excluding carboxylic acids is 1. The van der Waals surface area contributed by atoms with Gasteiger partial charge in [-0.3, -0.25) is 4.79 Å². The SMILES string of the molecule is COc1ccccc1-c1noc(CNC(=O)CCCOc2ccccc2)n1. The van der Waals surface area contributed by atoms with Crippen LogP contribution in [0.4, 0.5) is 0 Å². The minimum Gasteiger partial charge on any atom is -0.496 e. The van der Waals surface area contributed by atoms with Crippen LogP contribution in [0, 0.1) is 0 Å². The number of aromatic nitrogens is 2. The number of amides is 1. The Morgan fingerprint density at radius 1 is 1.11 bits per heavy atom. The van der Waals surface area contributed by atoms with E-state index < -0.39 is 0 Å². The van der Waals surface area contributed by atoms with Crippen molar-refractivity contribution in [2.24, 2.45) is 0 Å². The van der Waals surface area contributed by atoms with Crippen LogP contribution in [0.5, 0.6) is 11.5 Å². The molecule has 0 atom stereocenters. The zero-order valence-electron chi connectivity index (χ0n) is 15.1. The van der Waals surface area contributed by atoms with Crippen molar-refractivity contribution in [2.45, 2.75) is 19.4 Å². The van der Waals surface area contributed by atoms with Gasteiger partial charge in [-0.1, -0.05) is 35.5 Å². The van der Waals surface area contributed by atoms with E-state index in [2.05, 4.69) is 15.5 Å². The second-order valence-electron chi connectivity index (χ2n) is 5.75. The summed E-state index contributed by atoms with van der Waals surface area (Å²) in [6.45, 7) is 0.663. The molecule has 0 fully saturated rings. The number of ether oxygens (including phenoxy) is 2. The van der Waals surface area contributed by atoms with Gasteiger partial charge in [0.2, 0.25) is 17.6 Å². The summed E-state index contributed by atoms with van der Waals surface area (Å²) in [5.74, 6) is 2.13. The Balaban J connectivity index is 1.42. The zero-order valence-corrected chi connectivity index (χ0v) is 15.1. The van der Waals surface area contributed by atoms with Gasteiger partial charge in [-0.25, -0.2) is 0 Å². The highest BCUT2D eigenvalue weighted by atomic mass is 16.5. The molecule has 7 heteroatoms. The van der Waals surface area contributed by atoms with E-state index in [9.17, 15) is 4.79 Å². The lowest BCUT2D eigenvalue weighted by Crippen LogP contribution is -2.23. The van der Waals surface area contributed by atoms with Gasteiger partial charge < -0.3 is 19.3 Å². The molecule has 0 bridgehead atoms. The molecule has 3 aromatic rings. The van der Waals surface area contributed by atoms with Crippen molar-refractivity contribution < 1.29 is 18.8 Å². The van der Waals surface area contributed by atoms with Crippen molar-refractivity contribution in [1.29, 1.82) is 0 Å². The third-order valence-electron chi connectivity index (χ3n) is 3.81. The summed E-state index contributed by atoms with van der Waals surface area (Å²) in [7, 11) is 1.58. The number of para-hydroxylation sites is 2. The van der Waals surface area contributed by atoms with Crippen LogP contribution in [-0.4, -0.2) is 29.8 Å². The summed E-state index contributed by atoms with van der Waals surface area (Å²) in [6.07, 6.45) is 0.983. The Labute approximate surface area is 157 Å². The van der Waals surface area contributed by atoms with Crippen molar-refractivity contribution in [3.8, 4) is 22.9 Å². The first-order valence-electron chi connectivity index (χ1n) is 8.67.